The van der Waals surface area contributed by atoms with Gasteiger partial charge >= 0.3 is 0 Å². The van der Waals surface area contributed by atoms with Crippen LogP contribution in [0.1, 0.15) is 4.88 Å². The molecule has 24 heavy (non-hydrogen) atoms. The fourth-order valence-corrected chi connectivity index (χ4v) is 3.72. The minimum atomic E-state index is 0.00413. The SMILES string of the molecule is Oc1cccc(-n2c(O)c(C=C3N=c4ccccc4=N3)sc2=S)c1. The molecule has 7 heteroatoms. The first kappa shape index (κ1) is 14.8. The normalized spacial score (nSPS) is 12.4. The zero-order valence-corrected chi connectivity index (χ0v) is 13.9. The monoisotopic (exact) mass is 353 g/mol. The van der Waals surface area contributed by atoms with Crippen LogP contribution in [0.15, 0.2) is 64.3 Å². The summed E-state index contributed by atoms with van der Waals surface area (Å²) in [7, 11) is 0. The van der Waals surface area contributed by atoms with E-state index in [4.69, 9.17) is 12.2 Å². The van der Waals surface area contributed by atoms with Gasteiger partial charge in [-0.2, -0.15) is 0 Å². The zero-order valence-electron chi connectivity index (χ0n) is 12.2. The van der Waals surface area contributed by atoms with Crippen LogP contribution in [0.3, 0.4) is 0 Å². The van der Waals surface area contributed by atoms with Crippen molar-refractivity contribution in [3.8, 4) is 17.3 Å². The molecule has 1 aromatic heterocycles. The molecule has 0 unspecified atom stereocenters. The lowest BCUT2D eigenvalue weighted by Crippen LogP contribution is -2.19. The predicted molar refractivity (Wildman–Crippen MR) is 94.5 cm³/mol. The Kier molecular flexibility index (Phi) is 3.51. The Bertz CT molecular complexity index is 1120. The molecule has 0 spiro atoms. The third-order valence-corrected chi connectivity index (χ3v) is 4.82. The number of benzene rings is 2. The van der Waals surface area contributed by atoms with Crippen molar-refractivity contribution in [1.82, 2.24) is 4.57 Å². The van der Waals surface area contributed by atoms with Crippen LogP contribution in [0.4, 0.5) is 0 Å². The van der Waals surface area contributed by atoms with Crippen molar-refractivity contribution < 1.29 is 10.2 Å². The summed E-state index contributed by atoms with van der Waals surface area (Å²) in [5.74, 6) is 0.631. The van der Waals surface area contributed by atoms with Gasteiger partial charge in [0.05, 0.1) is 21.3 Å². The second-order valence-corrected chi connectivity index (χ2v) is 6.80. The quantitative estimate of drug-likeness (QED) is 0.696. The summed E-state index contributed by atoms with van der Waals surface area (Å²) in [5, 5.41) is 21.8. The Morgan fingerprint density at radius 2 is 1.71 bits per heavy atom. The van der Waals surface area contributed by atoms with E-state index in [0.29, 0.717) is 20.3 Å². The number of fused-ring (bicyclic) bond motifs is 1. The third kappa shape index (κ3) is 2.53. The summed E-state index contributed by atoms with van der Waals surface area (Å²) in [5.41, 5.74) is 0.599. The number of phenolic OH excluding ortho intramolecular Hbond substituents is 1. The van der Waals surface area contributed by atoms with Crippen LogP contribution in [0.25, 0.3) is 11.8 Å². The first-order valence-corrected chi connectivity index (χ1v) is 8.33. The molecular weight excluding hydrogens is 342 g/mol. The third-order valence-electron chi connectivity index (χ3n) is 3.51. The van der Waals surface area contributed by atoms with E-state index in [2.05, 4.69) is 9.98 Å². The van der Waals surface area contributed by atoms with E-state index in [9.17, 15) is 10.2 Å². The lowest BCUT2D eigenvalue weighted by atomic mass is 10.3. The molecule has 5 nitrogen and oxygen atoms in total. The van der Waals surface area contributed by atoms with E-state index >= 15 is 0 Å². The van der Waals surface area contributed by atoms with Crippen molar-refractivity contribution in [2.24, 2.45) is 9.98 Å². The molecule has 0 aliphatic carbocycles. The minimum absolute atomic E-state index is 0.00413. The molecule has 0 fully saturated rings. The van der Waals surface area contributed by atoms with E-state index in [-0.39, 0.29) is 11.6 Å². The van der Waals surface area contributed by atoms with Crippen LogP contribution in [0, 0.1) is 3.95 Å². The average molecular weight is 353 g/mol. The van der Waals surface area contributed by atoms with E-state index in [1.54, 1.807) is 30.3 Å². The number of aromatic nitrogens is 1. The van der Waals surface area contributed by atoms with Gasteiger partial charge in [-0.15, -0.1) is 11.3 Å². The number of hydrogen-bond acceptors (Lipinski definition) is 6. The number of phenols is 1. The summed E-state index contributed by atoms with van der Waals surface area (Å²) in [4.78, 5) is 9.41. The van der Waals surface area contributed by atoms with Gasteiger partial charge in [-0.1, -0.05) is 18.2 Å². The number of aromatic hydroxyl groups is 2. The van der Waals surface area contributed by atoms with Crippen LogP contribution in [-0.4, -0.2) is 14.8 Å². The van der Waals surface area contributed by atoms with Crippen LogP contribution in [0.5, 0.6) is 11.6 Å². The topological polar surface area (TPSA) is 70.1 Å². The highest BCUT2D eigenvalue weighted by atomic mass is 32.1. The smallest absolute Gasteiger partial charge is 0.215 e. The summed E-state index contributed by atoms with van der Waals surface area (Å²) in [6, 6.07) is 14.1. The Hall–Kier alpha value is -2.77. The molecule has 3 aromatic rings. The molecular formula is C17H11N3O2S2. The molecule has 0 amide bonds. The van der Waals surface area contributed by atoms with Gasteiger partial charge in [-0.05, 0) is 36.5 Å². The van der Waals surface area contributed by atoms with Crippen molar-refractivity contribution in [1.29, 1.82) is 0 Å². The summed E-state index contributed by atoms with van der Waals surface area (Å²) in [6.45, 7) is 0. The van der Waals surface area contributed by atoms with Crippen LogP contribution < -0.4 is 10.7 Å². The molecule has 2 N–H and O–H groups in total. The number of nitrogens with zero attached hydrogens (tertiary/aromatic N) is 3. The Labute approximate surface area is 145 Å². The number of para-hydroxylation sites is 2. The molecule has 4 rings (SSSR count). The van der Waals surface area contributed by atoms with Gasteiger partial charge in [0.15, 0.2) is 9.78 Å². The molecule has 2 heterocycles. The van der Waals surface area contributed by atoms with Gasteiger partial charge in [0.1, 0.15) is 5.75 Å². The van der Waals surface area contributed by atoms with Gasteiger partial charge < -0.3 is 10.2 Å². The molecule has 0 bridgehead atoms. The lowest BCUT2D eigenvalue weighted by Gasteiger charge is -2.04. The predicted octanol–water partition coefficient (Wildman–Crippen LogP) is 2.93. The maximum absolute atomic E-state index is 10.5. The van der Waals surface area contributed by atoms with Gasteiger partial charge in [0.25, 0.3) is 0 Å². The molecule has 1 aliphatic heterocycles. The maximum Gasteiger partial charge on any atom is 0.215 e. The van der Waals surface area contributed by atoms with Crippen LogP contribution in [0.2, 0.25) is 0 Å². The molecule has 1 aliphatic rings. The largest absolute Gasteiger partial charge is 0.508 e. The number of rotatable bonds is 2. The Balaban J connectivity index is 1.82. The second-order valence-electron chi connectivity index (χ2n) is 5.13. The van der Waals surface area contributed by atoms with Crippen molar-refractivity contribution in [2.75, 3.05) is 0 Å². The average Bonchev–Trinajstić information content (AvgIpc) is 3.08. The zero-order chi connectivity index (χ0) is 16.7. The standard InChI is InChI=1S/C17H11N3O2S2/c21-11-5-3-4-10(8-11)20-16(22)14(24-17(20)23)9-15-18-12-6-1-2-7-13(12)19-15/h1-9,21-22H. The molecule has 0 atom stereocenters. The fraction of sp³-hybridized carbons (Fsp3) is 0. The summed E-state index contributed by atoms with van der Waals surface area (Å²) >= 11 is 6.60. The van der Waals surface area contributed by atoms with Gasteiger partial charge in [0.2, 0.25) is 5.88 Å². The highest BCUT2D eigenvalue weighted by molar-refractivity contribution is 7.73. The van der Waals surface area contributed by atoms with E-state index in [1.165, 1.54) is 15.9 Å². The minimum Gasteiger partial charge on any atom is -0.508 e. The maximum atomic E-state index is 10.5. The van der Waals surface area contributed by atoms with Gasteiger partial charge in [0, 0.05) is 12.1 Å². The number of hydrogen-bond donors (Lipinski definition) is 2. The molecule has 0 radical (unpaired) electrons. The van der Waals surface area contributed by atoms with E-state index in [1.807, 2.05) is 24.3 Å². The van der Waals surface area contributed by atoms with Crippen LogP contribution in [-0.2, 0) is 0 Å². The van der Waals surface area contributed by atoms with Crippen molar-refractivity contribution >= 4 is 29.6 Å². The molecule has 2 aromatic carbocycles. The Morgan fingerprint density at radius 3 is 2.38 bits per heavy atom. The molecule has 0 saturated heterocycles. The Morgan fingerprint density at radius 1 is 1.00 bits per heavy atom. The molecule has 0 saturated carbocycles. The highest BCUT2D eigenvalue weighted by Crippen LogP contribution is 2.32. The van der Waals surface area contributed by atoms with Gasteiger partial charge in [-0.25, -0.2) is 9.98 Å². The van der Waals surface area contributed by atoms with Crippen molar-refractivity contribution in [3.63, 3.8) is 0 Å². The van der Waals surface area contributed by atoms with E-state index in [0.717, 1.165) is 10.7 Å². The fourth-order valence-electron chi connectivity index (χ4n) is 2.44. The number of thiazole rings is 1. The van der Waals surface area contributed by atoms with Crippen molar-refractivity contribution in [3.05, 3.63) is 73.9 Å². The summed E-state index contributed by atoms with van der Waals surface area (Å²) in [6.07, 6.45) is 1.70. The second kappa shape index (κ2) is 5.70. The van der Waals surface area contributed by atoms with E-state index < -0.39 is 0 Å². The highest BCUT2D eigenvalue weighted by Gasteiger charge is 2.13. The first-order valence-electron chi connectivity index (χ1n) is 7.10. The molecule has 118 valence electrons. The van der Waals surface area contributed by atoms with Crippen LogP contribution >= 0.6 is 23.6 Å². The summed E-state index contributed by atoms with van der Waals surface area (Å²) < 4.78 is 1.98. The lowest BCUT2D eigenvalue weighted by molar-refractivity contribution is 0.440. The van der Waals surface area contributed by atoms with Crippen molar-refractivity contribution in [2.45, 2.75) is 0 Å². The van der Waals surface area contributed by atoms with Gasteiger partial charge in [-0.3, -0.25) is 4.57 Å². The first-order chi connectivity index (χ1) is 11.6.